The second kappa shape index (κ2) is 8.53. The molecular formula is C26H30INO6. The molecule has 1 saturated heterocycles. The predicted molar refractivity (Wildman–Crippen MR) is 133 cm³/mol. The molecule has 0 atom stereocenters. The van der Waals surface area contributed by atoms with E-state index < -0.39 is 23.3 Å². The van der Waals surface area contributed by atoms with Crippen molar-refractivity contribution in [2.45, 2.75) is 70.7 Å². The third-order valence-corrected chi connectivity index (χ3v) is 8.32. The molecule has 7 nitrogen and oxygen atoms in total. The number of rotatable bonds is 0. The number of benzene rings is 1. The fourth-order valence-electron chi connectivity index (χ4n) is 6.34. The fraction of sp³-hybridized carbons (Fsp3) is 0.577. The largest absolute Gasteiger partial charge is 0.443 e. The van der Waals surface area contributed by atoms with Crippen LogP contribution in [0.2, 0.25) is 0 Å². The molecule has 2 aromatic rings. The van der Waals surface area contributed by atoms with E-state index in [4.69, 9.17) is 14.2 Å². The summed E-state index contributed by atoms with van der Waals surface area (Å²) in [5.74, 6) is 0.381. The van der Waals surface area contributed by atoms with E-state index in [0.29, 0.717) is 0 Å². The van der Waals surface area contributed by atoms with Gasteiger partial charge in [0.2, 0.25) is 0 Å². The van der Waals surface area contributed by atoms with Crippen LogP contribution in [0.1, 0.15) is 59.3 Å². The Hall–Kier alpha value is -2.10. The molecule has 2 heterocycles. The normalized spacial score (nSPS) is 28.8. The van der Waals surface area contributed by atoms with Crippen LogP contribution in [0, 0.1) is 27.2 Å². The molecule has 1 aliphatic heterocycles. The number of halogens is 1. The number of esters is 2. The summed E-state index contributed by atoms with van der Waals surface area (Å²) in [5, 5.41) is 1.07. The van der Waals surface area contributed by atoms with E-state index in [9.17, 15) is 14.4 Å². The Morgan fingerprint density at radius 3 is 2.15 bits per heavy atom. The monoisotopic (exact) mass is 579 g/mol. The van der Waals surface area contributed by atoms with Crippen LogP contribution in [0.5, 0.6) is 0 Å². The lowest BCUT2D eigenvalue weighted by atomic mass is 9.53. The molecule has 4 bridgehead atoms. The van der Waals surface area contributed by atoms with Crippen molar-refractivity contribution in [1.82, 2.24) is 4.57 Å². The molecule has 5 fully saturated rings. The summed E-state index contributed by atoms with van der Waals surface area (Å²) in [4.78, 5) is 35.1. The summed E-state index contributed by atoms with van der Waals surface area (Å²) in [6, 6.07) is 7.80. The lowest BCUT2D eigenvalue weighted by Gasteiger charge is -2.59. The van der Waals surface area contributed by atoms with E-state index in [1.54, 1.807) is 10.8 Å². The topological polar surface area (TPSA) is 83.8 Å². The SMILES string of the molecule is CC(C)(C)OC(=O)n1ccc2c(I)cccc21.O=C1CC(=O)OC2(O1)[C@H]1C[C@H]3C[C@H](C1)C[C@H]2C3. The second-order valence-electron chi connectivity index (χ2n) is 11.0. The number of carbonyl (C=O) groups excluding carboxylic acids is 3. The highest BCUT2D eigenvalue weighted by atomic mass is 127. The maximum Gasteiger partial charge on any atom is 0.418 e. The molecular weight excluding hydrogens is 549 g/mol. The van der Waals surface area contributed by atoms with Gasteiger partial charge in [0.25, 0.3) is 5.79 Å². The third kappa shape index (κ3) is 4.33. The first-order chi connectivity index (χ1) is 16.0. The number of nitrogens with zero attached hydrogens (tertiary/aromatic N) is 1. The van der Waals surface area contributed by atoms with Gasteiger partial charge in [0.05, 0.1) is 5.52 Å². The van der Waals surface area contributed by atoms with Gasteiger partial charge in [-0.05, 0) is 106 Å². The van der Waals surface area contributed by atoms with Gasteiger partial charge in [-0.3, -0.25) is 14.2 Å². The van der Waals surface area contributed by atoms with Gasteiger partial charge in [-0.2, -0.15) is 0 Å². The molecule has 8 heteroatoms. The first kappa shape index (κ1) is 23.6. The van der Waals surface area contributed by atoms with Crippen molar-refractivity contribution >= 4 is 51.5 Å². The molecule has 7 rings (SSSR count). The maximum atomic E-state index is 12.0. The highest BCUT2D eigenvalue weighted by Gasteiger charge is 2.63. The molecule has 4 saturated carbocycles. The molecule has 4 aliphatic carbocycles. The smallest absolute Gasteiger partial charge is 0.418 e. The van der Waals surface area contributed by atoms with Crippen molar-refractivity contribution in [3.63, 3.8) is 0 Å². The average molecular weight is 579 g/mol. The Morgan fingerprint density at radius 1 is 1.00 bits per heavy atom. The zero-order valence-corrected chi connectivity index (χ0v) is 21.9. The first-order valence-corrected chi connectivity index (χ1v) is 13.0. The predicted octanol–water partition coefficient (Wildman–Crippen LogP) is 5.66. The molecule has 1 spiro atoms. The molecule has 0 N–H and O–H groups in total. The van der Waals surface area contributed by atoms with Crippen LogP contribution in [0.15, 0.2) is 30.5 Å². The van der Waals surface area contributed by atoms with Crippen molar-refractivity contribution in [3.8, 4) is 0 Å². The van der Waals surface area contributed by atoms with Crippen LogP contribution in [0.25, 0.3) is 10.9 Å². The molecule has 34 heavy (non-hydrogen) atoms. The minimum atomic E-state index is -0.875. The van der Waals surface area contributed by atoms with E-state index in [2.05, 4.69) is 22.6 Å². The van der Waals surface area contributed by atoms with Gasteiger partial charge in [-0.25, -0.2) is 4.79 Å². The van der Waals surface area contributed by atoms with Crippen LogP contribution in [0.3, 0.4) is 0 Å². The fourth-order valence-corrected chi connectivity index (χ4v) is 7.01. The second-order valence-corrected chi connectivity index (χ2v) is 12.2. The number of hydrogen-bond donors (Lipinski definition) is 0. The zero-order valence-electron chi connectivity index (χ0n) is 19.7. The molecule has 0 radical (unpaired) electrons. The quantitative estimate of drug-likeness (QED) is 0.228. The summed E-state index contributed by atoms with van der Waals surface area (Å²) < 4.78 is 19.1. The minimum absolute atomic E-state index is 0.214. The number of ether oxygens (including phenoxy) is 3. The van der Waals surface area contributed by atoms with Crippen LogP contribution in [-0.2, 0) is 23.8 Å². The lowest BCUT2D eigenvalue weighted by Crippen LogP contribution is -2.63. The van der Waals surface area contributed by atoms with Crippen molar-refractivity contribution in [1.29, 1.82) is 0 Å². The Balaban J connectivity index is 0.000000142. The van der Waals surface area contributed by atoms with E-state index in [0.717, 1.165) is 52.0 Å². The molecule has 182 valence electrons. The number of hydrogen-bond acceptors (Lipinski definition) is 6. The summed E-state index contributed by atoms with van der Waals surface area (Å²) in [6.07, 6.45) is 6.77. The number of fused-ring (bicyclic) bond motifs is 1. The summed E-state index contributed by atoms with van der Waals surface area (Å²) in [7, 11) is 0. The third-order valence-electron chi connectivity index (χ3n) is 7.38. The van der Waals surface area contributed by atoms with Gasteiger partial charge >= 0.3 is 18.0 Å². The van der Waals surface area contributed by atoms with E-state index >= 15 is 0 Å². The van der Waals surface area contributed by atoms with Gasteiger partial charge in [0.15, 0.2) is 0 Å². The molecule has 1 aromatic heterocycles. The Morgan fingerprint density at radius 2 is 1.59 bits per heavy atom. The first-order valence-electron chi connectivity index (χ1n) is 12.0. The van der Waals surface area contributed by atoms with Crippen molar-refractivity contribution in [2.75, 3.05) is 0 Å². The van der Waals surface area contributed by atoms with Crippen molar-refractivity contribution < 1.29 is 28.6 Å². The van der Waals surface area contributed by atoms with Crippen LogP contribution < -0.4 is 0 Å². The maximum absolute atomic E-state index is 12.0. The van der Waals surface area contributed by atoms with Crippen LogP contribution in [0.4, 0.5) is 4.79 Å². The molecule has 0 amide bonds. The molecule has 5 aliphatic rings. The van der Waals surface area contributed by atoms with Gasteiger partial charge in [0, 0.05) is 27.0 Å². The van der Waals surface area contributed by atoms with E-state index in [1.807, 2.05) is 45.0 Å². The minimum Gasteiger partial charge on any atom is -0.443 e. The lowest BCUT2D eigenvalue weighted by molar-refractivity contribution is -0.319. The summed E-state index contributed by atoms with van der Waals surface area (Å²) in [6.45, 7) is 5.58. The molecule has 1 aromatic carbocycles. The highest BCUT2D eigenvalue weighted by molar-refractivity contribution is 14.1. The highest BCUT2D eigenvalue weighted by Crippen LogP contribution is 2.60. The van der Waals surface area contributed by atoms with Crippen LogP contribution in [-0.4, -0.2) is 34.0 Å². The number of aromatic nitrogens is 1. The average Bonchev–Trinajstić information content (AvgIpc) is 3.16. The summed E-state index contributed by atoms with van der Waals surface area (Å²) in [5.41, 5.74) is 0.404. The number of carbonyl (C=O) groups is 3. The Bertz CT molecular complexity index is 1100. The Labute approximate surface area is 212 Å². The molecule has 0 unspecified atom stereocenters. The van der Waals surface area contributed by atoms with Gasteiger partial charge < -0.3 is 14.2 Å². The van der Waals surface area contributed by atoms with Crippen molar-refractivity contribution in [2.24, 2.45) is 23.7 Å². The Kier molecular flexibility index (Phi) is 5.93. The van der Waals surface area contributed by atoms with Gasteiger partial charge in [-0.1, -0.05) is 6.07 Å². The van der Waals surface area contributed by atoms with Crippen LogP contribution >= 0.6 is 22.6 Å². The summed E-state index contributed by atoms with van der Waals surface area (Å²) >= 11 is 2.26. The standard InChI is InChI=1S/C13H14INO2.C13H16O4/c1-13(2,3)17-12(16)15-8-7-9-10(14)5-4-6-11(9)15;14-11-6-12(15)17-13(16-11)9-2-7-1-8(4-9)5-10(13)3-7/h4-8H,1-3H3;7-10H,1-6H2/t;7-,8-,9-,10+. The van der Waals surface area contributed by atoms with Crippen molar-refractivity contribution in [3.05, 3.63) is 34.0 Å². The zero-order chi connectivity index (χ0) is 24.3. The van der Waals surface area contributed by atoms with Gasteiger partial charge in [0.1, 0.15) is 12.0 Å². The van der Waals surface area contributed by atoms with E-state index in [1.165, 1.54) is 6.42 Å². The van der Waals surface area contributed by atoms with Gasteiger partial charge in [-0.15, -0.1) is 0 Å². The van der Waals surface area contributed by atoms with E-state index in [-0.39, 0.29) is 24.3 Å².